The highest BCUT2D eigenvalue weighted by Crippen LogP contribution is 2.43. The van der Waals surface area contributed by atoms with Gasteiger partial charge in [-0.3, -0.25) is 4.21 Å². The largest absolute Gasteiger partial charge is 0.772 e. The van der Waals surface area contributed by atoms with Crippen LogP contribution in [0.4, 0.5) is 4.39 Å². The van der Waals surface area contributed by atoms with Crippen molar-refractivity contribution in [3.8, 4) is 0 Å². The highest BCUT2D eigenvalue weighted by molar-refractivity contribution is 7.78. The van der Waals surface area contributed by atoms with Crippen molar-refractivity contribution in [1.82, 2.24) is 0 Å². The molecule has 0 N–H and O–H groups in total. The van der Waals surface area contributed by atoms with Gasteiger partial charge in [0, 0.05) is 5.75 Å². The number of rotatable bonds is 4. The number of hydrogen-bond acceptors (Lipinski definition) is 2. The van der Waals surface area contributed by atoms with Gasteiger partial charge in [0.25, 0.3) is 0 Å². The van der Waals surface area contributed by atoms with Gasteiger partial charge >= 0.3 is 0 Å². The lowest BCUT2D eigenvalue weighted by atomic mass is 9.81. The van der Waals surface area contributed by atoms with E-state index in [1.807, 2.05) is 6.07 Å². The summed E-state index contributed by atoms with van der Waals surface area (Å²) in [5.41, 5.74) is 4.07. The predicted molar refractivity (Wildman–Crippen MR) is 86.4 cm³/mol. The average Bonchev–Trinajstić information content (AvgIpc) is 2.99. The lowest BCUT2D eigenvalue weighted by Gasteiger charge is -2.24. The maximum absolute atomic E-state index is 14.1. The van der Waals surface area contributed by atoms with E-state index in [0.717, 1.165) is 24.8 Å². The van der Waals surface area contributed by atoms with Crippen molar-refractivity contribution < 1.29 is 13.2 Å². The highest BCUT2D eigenvalue weighted by Gasteiger charge is 2.25. The summed E-state index contributed by atoms with van der Waals surface area (Å²) in [5.74, 6) is 0.0351. The zero-order valence-corrected chi connectivity index (χ0v) is 13.6. The standard InChI is InChI=1S/C18H23FO2S/c19-18-11-14(9-10-15(18)12-22(20)21)17-8-4-7-16(17)13-5-2-1-3-6-13/h9-11,13H,1-8,12H2,(H,20,21)/p-1. The van der Waals surface area contributed by atoms with E-state index >= 15 is 0 Å². The van der Waals surface area contributed by atoms with Crippen LogP contribution in [0.25, 0.3) is 5.57 Å². The van der Waals surface area contributed by atoms with Crippen LogP contribution in [0.5, 0.6) is 0 Å². The zero-order chi connectivity index (χ0) is 15.5. The number of halogens is 1. The molecule has 0 spiro atoms. The van der Waals surface area contributed by atoms with E-state index in [2.05, 4.69) is 0 Å². The third kappa shape index (κ3) is 3.49. The number of hydrogen-bond donors (Lipinski definition) is 0. The summed E-state index contributed by atoms with van der Waals surface area (Å²) < 4.78 is 35.6. The minimum atomic E-state index is -2.25. The van der Waals surface area contributed by atoms with Crippen molar-refractivity contribution >= 4 is 16.7 Å². The molecular formula is C18H22FO2S-. The second-order valence-electron chi connectivity index (χ2n) is 6.45. The molecule has 0 saturated heterocycles. The Labute approximate surface area is 134 Å². The average molecular weight is 321 g/mol. The van der Waals surface area contributed by atoms with Gasteiger partial charge in [-0.05, 0) is 60.8 Å². The Hall–Kier alpha value is -1.00. The van der Waals surface area contributed by atoms with E-state index in [1.54, 1.807) is 11.6 Å². The Bertz CT molecular complexity index is 603. The van der Waals surface area contributed by atoms with Crippen LogP contribution in [0.15, 0.2) is 23.8 Å². The predicted octanol–water partition coefficient (Wildman–Crippen LogP) is 4.72. The summed E-state index contributed by atoms with van der Waals surface area (Å²) in [5, 5.41) is 0. The first kappa shape index (κ1) is 15.9. The normalized spacial score (nSPS) is 21.4. The van der Waals surface area contributed by atoms with Crippen molar-refractivity contribution in [3.63, 3.8) is 0 Å². The first-order valence-corrected chi connectivity index (χ1v) is 9.46. The van der Waals surface area contributed by atoms with E-state index in [-0.39, 0.29) is 11.3 Å². The number of benzene rings is 1. The maximum Gasteiger partial charge on any atom is 0.127 e. The van der Waals surface area contributed by atoms with Gasteiger partial charge in [-0.1, -0.05) is 48.0 Å². The molecule has 2 nitrogen and oxygen atoms in total. The smallest absolute Gasteiger partial charge is 0.127 e. The molecule has 1 saturated carbocycles. The fourth-order valence-corrected chi connectivity index (χ4v) is 4.47. The maximum atomic E-state index is 14.1. The van der Waals surface area contributed by atoms with Crippen molar-refractivity contribution in [2.75, 3.05) is 0 Å². The van der Waals surface area contributed by atoms with Crippen LogP contribution >= 0.6 is 0 Å². The summed E-state index contributed by atoms with van der Waals surface area (Å²) >= 11 is -2.25. The van der Waals surface area contributed by atoms with Gasteiger partial charge in [0.1, 0.15) is 5.82 Å². The van der Waals surface area contributed by atoms with Gasteiger partial charge in [0.2, 0.25) is 0 Å². The van der Waals surface area contributed by atoms with Crippen LogP contribution in [-0.4, -0.2) is 8.76 Å². The van der Waals surface area contributed by atoms with Gasteiger partial charge in [-0.15, -0.1) is 0 Å². The van der Waals surface area contributed by atoms with Crippen LogP contribution in [0.3, 0.4) is 0 Å². The van der Waals surface area contributed by atoms with Crippen LogP contribution in [0.1, 0.15) is 62.5 Å². The monoisotopic (exact) mass is 321 g/mol. The van der Waals surface area contributed by atoms with Gasteiger partial charge < -0.3 is 4.55 Å². The highest BCUT2D eigenvalue weighted by atomic mass is 32.2. The van der Waals surface area contributed by atoms with E-state index in [1.165, 1.54) is 43.7 Å². The van der Waals surface area contributed by atoms with E-state index < -0.39 is 16.9 Å². The summed E-state index contributed by atoms with van der Waals surface area (Å²) in [6, 6.07) is 5.06. The molecule has 0 heterocycles. The molecule has 1 aromatic carbocycles. The van der Waals surface area contributed by atoms with Crippen LogP contribution < -0.4 is 0 Å². The summed E-state index contributed by atoms with van der Waals surface area (Å²) in [6.45, 7) is 0. The molecule has 0 aromatic heterocycles. The molecule has 0 radical (unpaired) electrons. The molecular weight excluding hydrogens is 299 g/mol. The lowest BCUT2D eigenvalue weighted by Crippen LogP contribution is -2.09. The molecule has 2 aliphatic carbocycles. The van der Waals surface area contributed by atoms with Crippen molar-refractivity contribution in [3.05, 3.63) is 40.7 Å². The Balaban J connectivity index is 1.88. The third-order valence-corrected chi connectivity index (χ3v) is 5.58. The molecule has 3 rings (SSSR count). The van der Waals surface area contributed by atoms with Crippen molar-refractivity contribution in [2.24, 2.45) is 5.92 Å². The molecule has 22 heavy (non-hydrogen) atoms. The minimum absolute atomic E-state index is 0.249. The first-order chi connectivity index (χ1) is 10.6. The Morgan fingerprint density at radius 1 is 1.14 bits per heavy atom. The third-order valence-electron chi connectivity index (χ3n) is 5.03. The Morgan fingerprint density at radius 3 is 2.59 bits per heavy atom. The van der Waals surface area contributed by atoms with E-state index in [4.69, 9.17) is 0 Å². The Morgan fingerprint density at radius 2 is 1.91 bits per heavy atom. The minimum Gasteiger partial charge on any atom is -0.772 e. The number of allylic oxidation sites excluding steroid dienone is 2. The van der Waals surface area contributed by atoms with E-state index in [0.29, 0.717) is 5.92 Å². The molecule has 4 heteroatoms. The summed E-state index contributed by atoms with van der Waals surface area (Å²) in [4.78, 5) is 0. The quantitative estimate of drug-likeness (QED) is 0.753. The lowest BCUT2D eigenvalue weighted by molar-refractivity contribution is 0.398. The summed E-state index contributed by atoms with van der Waals surface area (Å²) in [7, 11) is 0. The van der Waals surface area contributed by atoms with Gasteiger partial charge in [-0.2, -0.15) is 0 Å². The first-order valence-electron chi connectivity index (χ1n) is 8.21. The van der Waals surface area contributed by atoms with E-state index in [9.17, 15) is 13.2 Å². The topological polar surface area (TPSA) is 40.1 Å². The Kier molecular flexibility index (Phi) is 5.09. The zero-order valence-electron chi connectivity index (χ0n) is 12.8. The molecule has 1 fully saturated rings. The molecule has 1 atom stereocenters. The molecule has 1 aromatic rings. The molecule has 0 amide bonds. The fraction of sp³-hybridized carbons (Fsp3) is 0.556. The van der Waals surface area contributed by atoms with Crippen molar-refractivity contribution in [1.29, 1.82) is 0 Å². The van der Waals surface area contributed by atoms with Crippen molar-refractivity contribution in [2.45, 2.75) is 57.1 Å². The summed E-state index contributed by atoms with van der Waals surface area (Å²) in [6.07, 6.45) is 9.84. The van der Waals surface area contributed by atoms with Crippen LogP contribution in [0.2, 0.25) is 0 Å². The molecule has 2 aliphatic rings. The second-order valence-corrected chi connectivity index (χ2v) is 7.34. The van der Waals surface area contributed by atoms with Gasteiger partial charge in [-0.25, -0.2) is 4.39 Å². The molecule has 0 aliphatic heterocycles. The molecule has 0 bridgehead atoms. The SMILES string of the molecule is O=S([O-])Cc1ccc(C2=C(C3CCCCC3)CCC2)cc1F. The fourth-order valence-electron chi connectivity index (χ4n) is 3.98. The van der Waals surface area contributed by atoms with Crippen LogP contribution in [0, 0.1) is 11.7 Å². The van der Waals surface area contributed by atoms with Crippen LogP contribution in [-0.2, 0) is 16.8 Å². The van der Waals surface area contributed by atoms with Gasteiger partial charge in [0.15, 0.2) is 0 Å². The second kappa shape index (κ2) is 7.05. The molecule has 120 valence electrons. The van der Waals surface area contributed by atoms with Gasteiger partial charge in [0.05, 0.1) is 0 Å². The molecule has 1 unspecified atom stereocenters.